The van der Waals surface area contributed by atoms with E-state index in [1.807, 2.05) is 43.3 Å². The number of carboxylic acids is 1. The number of phenolic OH excluding ortho intramolecular Hbond substituents is 1. The maximum atomic E-state index is 12.8. The summed E-state index contributed by atoms with van der Waals surface area (Å²) in [6.45, 7) is 2.36. The maximum Gasteiger partial charge on any atom is 0.328 e. The molecule has 1 amide bonds. The van der Waals surface area contributed by atoms with Gasteiger partial charge in [0.2, 0.25) is 5.91 Å². The number of hydrogen-bond acceptors (Lipinski definition) is 6. The Morgan fingerprint density at radius 3 is 2.38 bits per heavy atom. The third kappa shape index (κ3) is 8.03. The highest BCUT2D eigenvalue weighted by Crippen LogP contribution is 2.22. The number of rotatable bonds is 12. The Hall–Kier alpha value is -3.39. The average Bonchev–Trinajstić information content (AvgIpc) is 2.77. The minimum atomic E-state index is -1.13. The van der Waals surface area contributed by atoms with Crippen LogP contribution in [0.1, 0.15) is 36.8 Å². The first-order valence-electron chi connectivity index (χ1n) is 10.5. The van der Waals surface area contributed by atoms with Crippen molar-refractivity contribution in [2.45, 2.75) is 44.2 Å². The number of amides is 1. The van der Waals surface area contributed by atoms with Crippen LogP contribution < -0.4 is 10.6 Å². The van der Waals surface area contributed by atoms with Gasteiger partial charge in [0, 0.05) is 6.42 Å². The summed E-state index contributed by atoms with van der Waals surface area (Å²) in [5.41, 5.74) is 1.78. The van der Waals surface area contributed by atoms with E-state index in [1.54, 1.807) is 18.2 Å². The van der Waals surface area contributed by atoms with E-state index in [0.29, 0.717) is 13.0 Å². The highest BCUT2D eigenvalue weighted by Gasteiger charge is 2.27. The van der Waals surface area contributed by atoms with Crippen LogP contribution >= 0.6 is 0 Å². The summed E-state index contributed by atoms with van der Waals surface area (Å²) >= 11 is 0. The second kappa shape index (κ2) is 12.5. The fraction of sp³-hybridized carbons (Fsp3) is 0.375. The van der Waals surface area contributed by atoms with E-state index >= 15 is 0 Å². The minimum absolute atomic E-state index is 0.0871. The molecule has 32 heavy (non-hydrogen) atoms. The summed E-state index contributed by atoms with van der Waals surface area (Å²) in [6, 6.07) is 14.2. The zero-order chi connectivity index (χ0) is 23.5. The van der Waals surface area contributed by atoms with Crippen LogP contribution in [0.5, 0.6) is 5.75 Å². The summed E-state index contributed by atoms with van der Waals surface area (Å²) < 4.78 is 4.81. The van der Waals surface area contributed by atoms with Crippen LogP contribution in [-0.2, 0) is 25.5 Å². The number of hydrogen-bond donors (Lipinski definition) is 4. The van der Waals surface area contributed by atoms with E-state index < -0.39 is 36.4 Å². The molecule has 0 bridgehead atoms. The molecule has 0 spiro atoms. The van der Waals surface area contributed by atoms with Crippen molar-refractivity contribution in [1.29, 1.82) is 0 Å². The Balaban J connectivity index is 2.00. The molecule has 8 nitrogen and oxygen atoms in total. The number of carboxylic acid groups (broad SMARTS) is 1. The van der Waals surface area contributed by atoms with Crippen molar-refractivity contribution in [1.82, 2.24) is 10.6 Å². The summed E-state index contributed by atoms with van der Waals surface area (Å²) in [5.74, 6) is -2.05. The van der Waals surface area contributed by atoms with Crippen LogP contribution in [0.15, 0.2) is 54.6 Å². The molecule has 0 saturated carbocycles. The first-order chi connectivity index (χ1) is 15.3. The summed E-state index contributed by atoms with van der Waals surface area (Å²) in [6.07, 6.45) is 0.427. The predicted octanol–water partition coefficient (Wildman–Crippen LogP) is 2.22. The van der Waals surface area contributed by atoms with Gasteiger partial charge in [-0.05, 0) is 42.1 Å². The Morgan fingerprint density at radius 2 is 1.75 bits per heavy atom. The van der Waals surface area contributed by atoms with E-state index in [4.69, 9.17) is 4.74 Å². The second-order valence-corrected chi connectivity index (χ2v) is 7.66. The molecule has 0 aliphatic carbocycles. The quantitative estimate of drug-likeness (QED) is 0.372. The number of benzene rings is 2. The fourth-order valence-corrected chi connectivity index (χ4v) is 3.36. The van der Waals surface area contributed by atoms with Crippen LogP contribution in [-0.4, -0.2) is 53.8 Å². The molecule has 0 saturated heterocycles. The summed E-state index contributed by atoms with van der Waals surface area (Å²) in [5, 5.41) is 24.5. The Bertz CT molecular complexity index is 902. The molecule has 0 aromatic heterocycles. The van der Waals surface area contributed by atoms with Crippen LogP contribution in [0, 0.1) is 0 Å². The zero-order valence-corrected chi connectivity index (χ0v) is 18.3. The first-order valence-corrected chi connectivity index (χ1v) is 10.5. The number of phenols is 1. The molecule has 0 aliphatic heterocycles. The smallest absolute Gasteiger partial charge is 0.328 e. The van der Waals surface area contributed by atoms with E-state index in [2.05, 4.69) is 10.6 Å². The van der Waals surface area contributed by atoms with Gasteiger partial charge in [-0.15, -0.1) is 0 Å². The second-order valence-electron chi connectivity index (χ2n) is 7.66. The molecule has 0 aliphatic rings. The van der Waals surface area contributed by atoms with Crippen molar-refractivity contribution in [3.8, 4) is 5.75 Å². The van der Waals surface area contributed by atoms with Crippen LogP contribution in [0.2, 0.25) is 0 Å². The van der Waals surface area contributed by atoms with Crippen molar-refractivity contribution >= 4 is 17.8 Å². The zero-order valence-electron chi connectivity index (χ0n) is 18.3. The van der Waals surface area contributed by atoms with Gasteiger partial charge in [-0.3, -0.25) is 9.59 Å². The van der Waals surface area contributed by atoms with E-state index in [1.165, 1.54) is 7.11 Å². The minimum Gasteiger partial charge on any atom is -0.508 e. The van der Waals surface area contributed by atoms with Crippen molar-refractivity contribution in [3.63, 3.8) is 0 Å². The molecule has 2 aromatic carbocycles. The largest absolute Gasteiger partial charge is 0.508 e. The van der Waals surface area contributed by atoms with Crippen molar-refractivity contribution in [2.24, 2.45) is 0 Å². The normalized spacial score (nSPS) is 13.6. The highest BCUT2D eigenvalue weighted by atomic mass is 16.5. The van der Waals surface area contributed by atoms with Gasteiger partial charge >= 0.3 is 11.9 Å². The van der Waals surface area contributed by atoms with Gasteiger partial charge in [0.1, 0.15) is 11.8 Å². The Kier molecular flexibility index (Phi) is 9.69. The van der Waals surface area contributed by atoms with E-state index in [-0.39, 0.29) is 18.1 Å². The number of esters is 1. The molecule has 0 radical (unpaired) electrons. The number of ether oxygens (including phenoxy) is 1. The number of aliphatic carboxylic acids is 1. The van der Waals surface area contributed by atoms with Gasteiger partial charge in [-0.25, -0.2) is 4.79 Å². The number of methoxy groups -OCH3 is 1. The standard InChI is InChI=1S/C24H30N2O6/c1-16(18-9-6-10-19(27)14-18)11-12-25-20(15-22(28)29)23(30)26-21(24(31)32-2)13-17-7-4-3-5-8-17/h3-10,14,16,20-21,25,27H,11-13,15H2,1-2H3,(H,26,30)(H,28,29)/t16?,20-,21-/m0/s1. The van der Waals surface area contributed by atoms with Crippen molar-refractivity contribution < 1.29 is 29.3 Å². The molecular weight excluding hydrogens is 412 g/mol. The molecule has 0 heterocycles. The molecule has 8 heteroatoms. The summed E-state index contributed by atoms with van der Waals surface area (Å²) in [7, 11) is 1.24. The molecular formula is C24H30N2O6. The molecule has 3 atom stereocenters. The molecule has 172 valence electrons. The lowest BCUT2D eigenvalue weighted by Crippen LogP contribution is -2.52. The number of carbonyl (C=O) groups excluding carboxylic acids is 2. The molecule has 4 N–H and O–H groups in total. The lowest BCUT2D eigenvalue weighted by molar-refractivity contribution is -0.145. The predicted molar refractivity (Wildman–Crippen MR) is 119 cm³/mol. The lowest BCUT2D eigenvalue weighted by atomic mass is 9.97. The number of carbonyl (C=O) groups is 3. The molecule has 2 aromatic rings. The van der Waals surface area contributed by atoms with Gasteiger partial charge in [0.15, 0.2) is 0 Å². The third-order valence-corrected chi connectivity index (χ3v) is 5.19. The van der Waals surface area contributed by atoms with Gasteiger partial charge in [-0.2, -0.15) is 0 Å². The van der Waals surface area contributed by atoms with Gasteiger partial charge in [-0.1, -0.05) is 49.4 Å². The highest BCUT2D eigenvalue weighted by molar-refractivity contribution is 5.90. The van der Waals surface area contributed by atoms with Crippen molar-refractivity contribution in [3.05, 3.63) is 65.7 Å². The van der Waals surface area contributed by atoms with E-state index in [9.17, 15) is 24.6 Å². The Morgan fingerprint density at radius 1 is 1.03 bits per heavy atom. The first kappa shape index (κ1) is 24.9. The maximum absolute atomic E-state index is 12.8. The van der Waals surface area contributed by atoms with Gasteiger partial charge < -0.3 is 25.6 Å². The Labute approximate surface area is 187 Å². The van der Waals surface area contributed by atoms with Crippen LogP contribution in [0.3, 0.4) is 0 Å². The monoisotopic (exact) mass is 442 g/mol. The van der Waals surface area contributed by atoms with Crippen molar-refractivity contribution in [2.75, 3.05) is 13.7 Å². The number of aromatic hydroxyl groups is 1. The topological polar surface area (TPSA) is 125 Å². The molecule has 1 unspecified atom stereocenters. The number of nitrogens with one attached hydrogen (secondary N) is 2. The molecule has 2 rings (SSSR count). The third-order valence-electron chi connectivity index (χ3n) is 5.19. The molecule has 0 fully saturated rings. The average molecular weight is 443 g/mol. The summed E-state index contributed by atoms with van der Waals surface area (Å²) in [4.78, 5) is 36.3. The van der Waals surface area contributed by atoms with Crippen LogP contribution in [0.4, 0.5) is 0 Å². The van der Waals surface area contributed by atoms with Gasteiger partial charge in [0.25, 0.3) is 0 Å². The SMILES string of the molecule is COC(=O)[C@H](Cc1ccccc1)NC(=O)[C@H](CC(=O)O)NCCC(C)c1cccc(O)c1. The van der Waals surface area contributed by atoms with E-state index in [0.717, 1.165) is 11.1 Å². The lowest BCUT2D eigenvalue weighted by Gasteiger charge is -2.22. The van der Waals surface area contributed by atoms with Gasteiger partial charge in [0.05, 0.1) is 19.6 Å². The van der Waals surface area contributed by atoms with Crippen LogP contribution in [0.25, 0.3) is 0 Å². The fourth-order valence-electron chi connectivity index (χ4n) is 3.36.